The van der Waals surface area contributed by atoms with Gasteiger partial charge in [0, 0.05) is 36.6 Å². The number of anilines is 1. The molecule has 2 N–H and O–H groups in total. The molecular formula is C14H17BrN4O2S. The number of benzene rings is 1. The molecule has 1 aromatic heterocycles. The van der Waals surface area contributed by atoms with Crippen LogP contribution in [0.2, 0.25) is 0 Å². The third-order valence-corrected chi connectivity index (χ3v) is 3.49. The van der Waals surface area contributed by atoms with Gasteiger partial charge in [-0.1, -0.05) is 0 Å². The highest BCUT2D eigenvalue weighted by Crippen LogP contribution is 2.25. The van der Waals surface area contributed by atoms with Gasteiger partial charge in [0.1, 0.15) is 11.5 Å². The maximum atomic E-state index is 5.27. The van der Waals surface area contributed by atoms with E-state index in [9.17, 15) is 0 Å². The summed E-state index contributed by atoms with van der Waals surface area (Å²) in [6.07, 6.45) is 3.66. The van der Waals surface area contributed by atoms with Crippen LogP contribution in [0.25, 0.3) is 0 Å². The average Bonchev–Trinajstić information content (AvgIpc) is 2.92. The molecule has 0 aliphatic carbocycles. The molecule has 0 aliphatic heterocycles. The van der Waals surface area contributed by atoms with E-state index in [-0.39, 0.29) is 0 Å². The third-order valence-electron chi connectivity index (χ3n) is 2.84. The first-order valence-electron chi connectivity index (χ1n) is 6.56. The molecule has 0 atom stereocenters. The van der Waals surface area contributed by atoms with Crippen molar-refractivity contribution in [3.05, 3.63) is 35.1 Å². The van der Waals surface area contributed by atoms with Crippen LogP contribution >= 0.6 is 28.1 Å². The molecular weight excluding hydrogens is 368 g/mol. The lowest BCUT2D eigenvalue weighted by molar-refractivity contribution is 0.395. The minimum Gasteiger partial charge on any atom is -0.497 e. The summed E-state index contributed by atoms with van der Waals surface area (Å²) in [5, 5.41) is 10.9. The van der Waals surface area contributed by atoms with E-state index in [0.29, 0.717) is 23.2 Å². The number of nitrogens with one attached hydrogen (secondary N) is 2. The highest BCUT2D eigenvalue weighted by atomic mass is 79.9. The monoisotopic (exact) mass is 384 g/mol. The van der Waals surface area contributed by atoms with Gasteiger partial charge in [-0.25, -0.2) is 0 Å². The molecule has 118 valence electrons. The summed E-state index contributed by atoms with van der Waals surface area (Å²) in [6, 6.07) is 5.50. The van der Waals surface area contributed by atoms with Gasteiger partial charge >= 0.3 is 0 Å². The van der Waals surface area contributed by atoms with E-state index in [0.717, 1.165) is 16.7 Å². The predicted molar refractivity (Wildman–Crippen MR) is 93.7 cm³/mol. The third kappa shape index (κ3) is 4.88. The molecule has 0 amide bonds. The smallest absolute Gasteiger partial charge is 0.170 e. The number of methoxy groups -OCH3 is 2. The Bertz CT molecular complexity index is 625. The highest BCUT2D eigenvalue weighted by Gasteiger charge is 2.04. The van der Waals surface area contributed by atoms with Crippen molar-refractivity contribution in [1.82, 2.24) is 15.1 Å². The fourth-order valence-corrected chi connectivity index (χ4v) is 2.35. The lowest BCUT2D eigenvalue weighted by Gasteiger charge is -2.13. The van der Waals surface area contributed by atoms with Gasteiger partial charge in [0.15, 0.2) is 5.11 Å². The molecule has 0 spiro atoms. The lowest BCUT2D eigenvalue weighted by Crippen LogP contribution is -2.31. The van der Waals surface area contributed by atoms with Crippen molar-refractivity contribution in [3.8, 4) is 11.5 Å². The van der Waals surface area contributed by atoms with Crippen LogP contribution in [0.3, 0.4) is 0 Å². The highest BCUT2D eigenvalue weighted by molar-refractivity contribution is 9.10. The number of nitrogens with zero attached hydrogens (tertiary/aromatic N) is 2. The quantitative estimate of drug-likeness (QED) is 0.746. The van der Waals surface area contributed by atoms with E-state index in [1.807, 2.05) is 23.0 Å². The largest absolute Gasteiger partial charge is 0.497 e. The van der Waals surface area contributed by atoms with Gasteiger partial charge in [-0.2, -0.15) is 5.10 Å². The number of aromatic nitrogens is 2. The van der Waals surface area contributed by atoms with Crippen molar-refractivity contribution in [1.29, 1.82) is 0 Å². The van der Waals surface area contributed by atoms with Gasteiger partial charge in [0.2, 0.25) is 0 Å². The Morgan fingerprint density at radius 2 is 1.95 bits per heavy atom. The molecule has 2 aromatic rings. The van der Waals surface area contributed by atoms with Crippen molar-refractivity contribution < 1.29 is 9.47 Å². The summed E-state index contributed by atoms with van der Waals surface area (Å²) < 4.78 is 13.2. The van der Waals surface area contributed by atoms with Crippen LogP contribution in [0.15, 0.2) is 35.1 Å². The molecule has 0 saturated carbocycles. The van der Waals surface area contributed by atoms with Gasteiger partial charge in [-0.15, -0.1) is 0 Å². The second kappa shape index (κ2) is 8.00. The molecule has 0 saturated heterocycles. The number of rotatable bonds is 6. The molecule has 1 aromatic carbocycles. The molecule has 0 aliphatic rings. The molecule has 2 rings (SSSR count). The van der Waals surface area contributed by atoms with Crippen LogP contribution in [-0.4, -0.2) is 35.7 Å². The van der Waals surface area contributed by atoms with Crippen LogP contribution in [0, 0.1) is 0 Å². The van der Waals surface area contributed by atoms with E-state index in [1.165, 1.54) is 0 Å². The van der Waals surface area contributed by atoms with Gasteiger partial charge in [-0.3, -0.25) is 4.68 Å². The summed E-state index contributed by atoms with van der Waals surface area (Å²) in [5.41, 5.74) is 0.801. The molecule has 22 heavy (non-hydrogen) atoms. The van der Waals surface area contributed by atoms with Crippen LogP contribution in [0.1, 0.15) is 0 Å². The Morgan fingerprint density at radius 1 is 1.27 bits per heavy atom. The molecule has 0 fully saturated rings. The Balaban J connectivity index is 1.86. The van der Waals surface area contributed by atoms with E-state index in [2.05, 4.69) is 31.7 Å². The molecule has 1 heterocycles. The predicted octanol–water partition coefficient (Wildman–Crippen LogP) is 2.65. The van der Waals surface area contributed by atoms with Crippen LogP contribution in [0.4, 0.5) is 5.69 Å². The fourth-order valence-electron chi connectivity index (χ4n) is 1.80. The number of ether oxygens (including phenoxy) is 2. The fraction of sp³-hybridized carbons (Fsp3) is 0.286. The SMILES string of the molecule is COc1cc(NC(=S)NCCn2cc(Br)cn2)cc(OC)c1. The first kappa shape index (κ1) is 16.6. The van der Waals surface area contributed by atoms with Gasteiger partial charge < -0.3 is 20.1 Å². The first-order chi connectivity index (χ1) is 10.6. The van der Waals surface area contributed by atoms with Gasteiger partial charge in [-0.05, 0) is 28.1 Å². The van der Waals surface area contributed by atoms with Crippen molar-refractivity contribution >= 4 is 38.9 Å². The lowest BCUT2D eigenvalue weighted by atomic mass is 10.3. The summed E-state index contributed by atoms with van der Waals surface area (Å²) >= 11 is 8.63. The summed E-state index contributed by atoms with van der Waals surface area (Å²) in [4.78, 5) is 0. The Hall–Kier alpha value is -1.80. The summed E-state index contributed by atoms with van der Waals surface area (Å²) in [7, 11) is 3.22. The Kier molecular flexibility index (Phi) is 6.02. The number of hydrogen-bond donors (Lipinski definition) is 2. The molecule has 0 radical (unpaired) electrons. The zero-order valence-corrected chi connectivity index (χ0v) is 14.7. The number of halogens is 1. The zero-order chi connectivity index (χ0) is 15.9. The summed E-state index contributed by atoms with van der Waals surface area (Å²) in [6.45, 7) is 1.38. The van der Waals surface area contributed by atoms with Crippen molar-refractivity contribution in [2.45, 2.75) is 6.54 Å². The Morgan fingerprint density at radius 3 is 2.50 bits per heavy atom. The van der Waals surface area contributed by atoms with E-state index >= 15 is 0 Å². The second-order valence-corrected chi connectivity index (χ2v) is 5.73. The van der Waals surface area contributed by atoms with Crippen LogP contribution < -0.4 is 20.1 Å². The minimum atomic E-state index is 0.529. The van der Waals surface area contributed by atoms with E-state index < -0.39 is 0 Å². The van der Waals surface area contributed by atoms with Gasteiger partial charge in [0.25, 0.3) is 0 Å². The van der Waals surface area contributed by atoms with E-state index in [4.69, 9.17) is 21.7 Å². The van der Waals surface area contributed by atoms with Crippen LogP contribution in [-0.2, 0) is 6.54 Å². The standard InChI is InChI=1S/C14H17BrN4O2S/c1-20-12-5-11(6-13(7-12)21-2)18-14(22)16-3-4-19-9-10(15)8-17-19/h5-9H,3-4H2,1-2H3,(H2,16,18,22). The second-order valence-electron chi connectivity index (χ2n) is 4.40. The molecule has 0 unspecified atom stereocenters. The number of thiocarbonyl (C=S) groups is 1. The minimum absolute atomic E-state index is 0.529. The van der Waals surface area contributed by atoms with Gasteiger partial charge in [0.05, 0.1) is 31.4 Å². The zero-order valence-electron chi connectivity index (χ0n) is 12.3. The van der Waals surface area contributed by atoms with Crippen molar-refractivity contribution in [2.75, 3.05) is 26.1 Å². The maximum absolute atomic E-state index is 5.27. The average molecular weight is 385 g/mol. The topological polar surface area (TPSA) is 60.3 Å². The normalized spacial score (nSPS) is 10.1. The molecule has 6 nitrogen and oxygen atoms in total. The van der Waals surface area contributed by atoms with E-state index in [1.54, 1.807) is 26.5 Å². The van der Waals surface area contributed by atoms with Crippen molar-refractivity contribution in [3.63, 3.8) is 0 Å². The molecule has 0 bridgehead atoms. The first-order valence-corrected chi connectivity index (χ1v) is 7.76. The maximum Gasteiger partial charge on any atom is 0.170 e. The Labute approximate surface area is 142 Å². The summed E-state index contributed by atoms with van der Waals surface area (Å²) in [5.74, 6) is 1.40. The molecule has 8 heteroatoms. The number of hydrogen-bond acceptors (Lipinski definition) is 4. The van der Waals surface area contributed by atoms with Crippen LogP contribution in [0.5, 0.6) is 11.5 Å². The van der Waals surface area contributed by atoms with Crippen molar-refractivity contribution in [2.24, 2.45) is 0 Å².